The second-order valence-corrected chi connectivity index (χ2v) is 9.52. The number of thioether (sulfide) groups is 1. The van der Waals surface area contributed by atoms with E-state index in [4.69, 9.17) is 16.6 Å². The van der Waals surface area contributed by atoms with Gasteiger partial charge in [-0.1, -0.05) is 36.4 Å². The van der Waals surface area contributed by atoms with Gasteiger partial charge in [0.25, 0.3) is 0 Å². The number of pyridine rings is 1. The Labute approximate surface area is 176 Å². The minimum Gasteiger partial charge on any atom is -0.352 e. The predicted octanol–water partition coefficient (Wildman–Crippen LogP) is 5.87. The largest absolute Gasteiger partial charge is 0.352 e. The number of hydrogen-bond acceptors (Lipinski definition) is 5. The summed E-state index contributed by atoms with van der Waals surface area (Å²) >= 11 is 11.0. The standard InChI is InChI=1S/C19H21BrClFN4S/c1-3-5-12-11-7-6-10(8-11)9-26(12)18-13-15(23-19(25-18)27-4-2)14(22)17(21)24-16(13)20/h3,10-12H,1,4-9H2,2H3/t10-,11+,12+/m0/s1. The van der Waals surface area contributed by atoms with Crippen molar-refractivity contribution in [3.8, 4) is 0 Å². The van der Waals surface area contributed by atoms with Gasteiger partial charge in [0.2, 0.25) is 0 Å². The number of rotatable bonds is 5. The van der Waals surface area contributed by atoms with Crippen LogP contribution < -0.4 is 4.90 Å². The lowest BCUT2D eigenvalue weighted by atomic mass is 9.88. The van der Waals surface area contributed by atoms with Crippen molar-refractivity contribution >= 4 is 56.0 Å². The normalized spacial score (nSPS) is 24.6. The smallest absolute Gasteiger partial charge is 0.190 e. The van der Waals surface area contributed by atoms with Gasteiger partial charge >= 0.3 is 0 Å². The maximum Gasteiger partial charge on any atom is 0.190 e. The summed E-state index contributed by atoms with van der Waals surface area (Å²) in [6.07, 6.45) is 6.60. The summed E-state index contributed by atoms with van der Waals surface area (Å²) in [6.45, 7) is 6.91. The first-order valence-corrected chi connectivity index (χ1v) is 11.4. The molecule has 27 heavy (non-hydrogen) atoms. The summed E-state index contributed by atoms with van der Waals surface area (Å²) in [6, 6.07) is 0.324. The van der Waals surface area contributed by atoms with Crippen LogP contribution in [0.5, 0.6) is 0 Å². The average molecular weight is 472 g/mol. The number of aromatic nitrogens is 3. The van der Waals surface area contributed by atoms with Crippen LogP contribution in [0, 0.1) is 17.7 Å². The van der Waals surface area contributed by atoms with E-state index in [2.05, 4.69) is 37.4 Å². The van der Waals surface area contributed by atoms with Gasteiger partial charge in [0.1, 0.15) is 15.9 Å². The Balaban J connectivity index is 1.93. The summed E-state index contributed by atoms with van der Waals surface area (Å²) in [5.41, 5.74) is 0.234. The van der Waals surface area contributed by atoms with E-state index >= 15 is 0 Å². The van der Waals surface area contributed by atoms with Crippen LogP contribution in [-0.2, 0) is 0 Å². The minimum atomic E-state index is -0.586. The first-order valence-electron chi connectivity index (χ1n) is 9.26. The maximum absolute atomic E-state index is 14.8. The van der Waals surface area contributed by atoms with Crippen molar-refractivity contribution in [2.45, 2.75) is 43.8 Å². The molecule has 2 aromatic heterocycles. The number of anilines is 1. The van der Waals surface area contributed by atoms with Gasteiger partial charge in [0.15, 0.2) is 16.1 Å². The second-order valence-electron chi connectivity index (χ2n) is 7.18. The Hall–Kier alpha value is -0.920. The van der Waals surface area contributed by atoms with Crippen molar-refractivity contribution < 1.29 is 4.39 Å². The van der Waals surface area contributed by atoms with Gasteiger partial charge in [0, 0.05) is 12.6 Å². The Morgan fingerprint density at radius 3 is 2.93 bits per heavy atom. The maximum atomic E-state index is 14.8. The zero-order chi connectivity index (χ0) is 19.1. The lowest BCUT2D eigenvalue weighted by molar-refractivity contribution is 0.333. The van der Waals surface area contributed by atoms with Gasteiger partial charge < -0.3 is 4.90 Å². The van der Waals surface area contributed by atoms with Gasteiger partial charge in [-0.2, -0.15) is 0 Å². The SMILES string of the molecule is C=CC[C@@H]1[C@@H]2CC[C@@H](C2)CN1c1nc(SCC)nc2c(F)c(Cl)nc(Br)c12. The monoisotopic (exact) mass is 470 g/mol. The molecule has 3 heterocycles. The molecule has 8 heteroatoms. The minimum absolute atomic E-state index is 0.173. The van der Waals surface area contributed by atoms with Crippen LogP contribution in [0.2, 0.25) is 5.15 Å². The molecule has 2 bridgehead atoms. The first-order chi connectivity index (χ1) is 13.0. The van der Waals surface area contributed by atoms with Crippen LogP contribution in [-0.4, -0.2) is 33.3 Å². The highest BCUT2D eigenvalue weighted by atomic mass is 79.9. The molecule has 1 aliphatic carbocycles. The fourth-order valence-electron chi connectivity index (χ4n) is 4.50. The zero-order valence-electron chi connectivity index (χ0n) is 15.1. The molecule has 0 spiro atoms. The summed E-state index contributed by atoms with van der Waals surface area (Å²) in [5, 5.41) is 1.00. The Kier molecular flexibility index (Phi) is 5.63. The van der Waals surface area contributed by atoms with Crippen LogP contribution >= 0.6 is 39.3 Å². The number of halogens is 3. The zero-order valence-corrected chi connectivity index (χ0v) is 18.2. The molecule has 0 N–H and O–H groups in total. The van der Waals surface area contributed by atoms with E-state index < -0.39 is 5.82 Å². The topological polar surface area (TPSA) is 41.9 Å². The molecule has 2 aromatic rings. The predicted molar refractivity (Wildman–Crippen MR) is 113 cm³/mol. The summed E-state index contributed by atoms with van der Waals surface area (Å²) in [7, 11) is 0. The van der Waals surface area contributed by atoms with E-state index in [1.165, 1.54) is 31.0 Å². The van der Waals surface area contributed by atoms with Crippen molar-refractivity contribution in [1.82, 2.24) is 15.0 Å². The third-order valence-corrected chi connectivity index (χ3v) is 7.15. The van der Waals surface area contributed by atoms with Crippen LogP contribution in [0.1, 0.15) is 32.6 Å². The van der Waals surface area contributed by atoms with Crippen LogP contribution in [0.3, 0.4) is 0 Å². The molecule has 4 nitrogen and oxygen atoms in total. The van der Waals surface area contributed by atoms with Crippen molar-refractivity contribution in [3.63, 3.8) is 0 Å². The van der Waals surface area contributed by atoms with E-state index in [9.17, 15) is 4.39 Å². The van der Waals surface area contributed by atoms with E-state index in [1.807, 2.05) is 13.0 Å². The van der Waals surface area contributed by atoms with Crippen molar-refractivity contribution in [3.05, 3.63) is 28.2 Å². The third-order valence-electron chi connectivity index (χ3n) is 5.60. The molecule has 1 saturated heterocycles. The fourth-order valence-corrected chi connectivity index (χ4v) is 5.88. The highest BCUT2D eigenvalue weighted by Crippen LogP contribution is 2.45. The average Bonchev–Trinajstić information content (AvgIpc) is 3.04. The van der Waals surface area contributed by atoms with Crippen molar-refractivity contribution in [2.75, 3.05) is 17.2 Å². The molecule has 1 saturated carbocycles. The molecule has 0 amide bonds. The quantitative estimate of drug-likeness (QED) is 0.236. The fraction of sp³-hybridized carbons (Fsp3) is 0.526. The number of piperidine rings is 1. The van der Waals surface area contributed by atoms with Gasteiger partial charge in [-0.25, -0.2) is 19.3 Å². The number of nitrogens with zero attached hydrogens (tertiary/aromatic N) is 4. The van der Waals surface area contributed by atoms with Crippen LogP contribution in [0.4, 0.5) is 10.2 Å². The summed E-state index contributed by atoms with van der Waals surface area (Å²) in [5.74, 6) is 2.27. The molecule has 0 radical (unpaired) electrons. The Bertz CT molecular complexity index is 896. The molecule has 1 aliphatic heterocycles. The molecular weight excluding hydrogens is 451 g/mol. The highest BCUT2D eigenvalue weighted by molar-refractivity contribution is 9.10. The second kappa shape index (κ2) is 7.84. The first kappa shape index (κ1) is 19.4. The van der Waals surface area contributed by atoms with Gasteiger partial charge in [-0.05, 0) is 59.2 Å². The molecule has 0 aromatic carbocycles. The molecule has 3 atom stereocenters. The lowest BCUT2D eigenvalue weighted by Crippen LogP contribution is -2.46. The molecule has 4 rings (SSSR count). The molecule has 2 aliphatic rings. The van der Waals surface area contributed by atoms with Gasteiger partial charge in [0.05, 0.1) is 5.39 Å². The van der Waals surface area contributed by atoms with Crippen molar-refractivity contribution in [1.29, 1.82) is 0 Å². The molecule has 0 unspecified atom stereocenters. The van der Waals surface area contributed by atoms with Gasteiger partial charge in [-0.15, -0.1) is 6.58 Å². The van der Waals surface area contributed by atoms with E-state index in [1.54, 1.807) is 0 Å². The Morgan fingerprint density at radius 1 is 1.37 bits per heavy atom. The molecular formula is C19H21BrClFN4S. The number of fused-ring (bicyclic) bond motifs is 3. The van der Waals surface area contributed by atoms with E-state index in [0.717, 1.165) is 24.5 Å². The number of hydrogen-bond donors (Lipinski definition) is 0. The van der Waals surface area contributed by atoms with E-state index in [-0.39, 0.29) is 10.7 Å². The summed E-state index contributed by atoms with van der Waals surface area (Å²) in [4.78, 5) is 15.8. The van der Waals surface area contributed by atoms with Crippen molar-refractivity contribution in [2.24, 2.45) is 11.8 Å². The lowest BCUT2D eigenvalue weighted by Gasteiger charge is -2.41. The van der Waals surface area contributed by atoms with Crippen LogP contribution in [0.15, 0.2) is 22.4 Å². The third kappa shape index (κ3) is 3.47. The van der Waals surface area contributed by atoms with E-state index in [0.29, 0.717) is 33.0 Å². The molecule has 144 valence electrons. The van der Waals surface area contributed by atoms with Gasteiger partial charge in [-0.3, -0.25) is 0 Å². The Morgan fingerprint density at radius 2 is 2.19 bits per heavy atom. The van der Waals surface area contributed by atoms with Crippen LogP contribution in [0.25, 0.3) is 10.9 Å². The highest BCUT2D eigenvalue weighted by Gasteiger charge is 2.41. The molecule has 2 fully saturated rings. The summed E-state index contributed by atoms with van der Waals surface area (Å²) < 4.78 is 15.3.